The number of rotatable bonds is 4. The van der Waals surface area contributed by atoms with Gasteiger partial charge in [-0.2, -0.15) is 13.2 Å². The molecule has 0 unspecified atom stereocenters. The number of aryl methyl sites for hydroxylation is 1. The SMILES string of the molecule is Cc1nc(C(F)(F)F)ccc1C(=O)NCCN1CCNCC1.Cl. The van der Waals surface area contributed by atoms with Crippen molar-refractivity contribution < 1.29 is 18.0 Å². The van der Waals surface area contributed by atoms with Gasteiger partial charge in [-0.15, -0.1) is 12.4 Å². The maximum Gasteiger partial charge on any atom is 0.433 e. The Kier molecular flexibility index (Phi) is 7.24. The monoisotopic (exact) mass is 352 g/mol. The Labute approximate surface area is 139 Å². The van der Waals surface area contributed by atoms with Crippen LogP contribution < -0.4 is 10.6 Å². The molecule has 2 N–H and O–H groups in total. The average Bonchev–Trinajstić information content (AvgIpc) is 2.47. The lowest BCUT2D eigenvalue weighted by Crippen LogP contribution is -2.46. The third-order valence-electron chi connectivity index (χ3n) is 3.54. The average molecular weight is 353 g/mol. The van der Waals surface area contributed by atoms with Gasteiger partial charge in [-0.05, 0) is 19.1 Å². The van der Waals surface area contributed by atoms with Crippen LogP contribution in [0, 0.1) is 6.92 Å². The molecule has 1 aliphatic heterocycles. The zero-order valence-electron chi connectivity index (χ0n) is 12.7. The highest BCUT2D eigenvalue weighted by molar-refractivity contribution is 5.95. The number of aromatic nitrogens is 1. The van der Waals surface area contributed by atoms with E-state index in [9.17, 15) is 18.0 Å². The van der Waals surface area contributed by atoms with Gasteiger partial charge in [0.05, 0.1) is 11.3 Å². The van der Waals surface area contributed by atoms with Crippen molar-refractivity contribution in [3.63, 3.8) is 0 Å². The molecule has 1 aromatic rings. The van der Waals surface area contributed by atoms with E-state index in [2.05, 4.69) is 20.5 Å². The number of hydrogen-bond donors (Lipinski definition) is 2. The molecule has 130 valence electrons. The van der Waals surface area contributed by atoms with E-state index in [-0.39, 0.29) is 23.7 Å². The van der Waals surface area contributed by atoms with Crippen LogP contribution in [-0.4, -0.2) is 55.1 Å². The third-order valence-corrected chi connectivity index (χ3v) is 3.54. The van der Waals surface area contributed by atoms with Crippen LogP contribution in [0.3, 0.4) is 0 Å². The molecule has 23 heavy (non-hydrogen) atoms. The summed E-state index contributed by atoms with van der Waals surface area (Å²) in [7, 11) is 0. The number of carbonyl (C=O) groups is 1. The molecule has 0 spiro atoms. The topological polar surface area (TPSA) is 57.3 Å². The fourth-order valence-electron chi connectivity index (χ4n) is 2.32. The summed E-state index contributed by atoms with van der Waals surface area (Å²) in [5.41, 5.74) is -0.731. The van der Waals surface area contributed by atoms with Crippen LogP contribution >= 0.6 is 12.4 Å². The number of halogens is 4. The molecule has 1 amide bonds. The Morgan fingerprint density at radius 2 is 2.00 bits per heavy atom. The van der Waals surface area contributed by atoms with Crippen LogP contribution in [-0.2, 0) is 6.18 Å². The number of piperazine rings is 1. The van der Waals surface area contributed by atoms with Gasteiger partial charge in [0.25, 0.3) is 5.91 Å². The van der Waals surface area contributed by atoms with E-state index >= 15 is 0 Å². The van der Waals surface area contributed by atoms with E-state index in [4.69, 9.17) is 0 Å². The quantitative estimate of drug-likeness (QED) is 0.861. The van der Waals surface area contributed by atoms with Gasteiger partial charge in [-0.25, -0.2) is 4.98 Å². The lowest BCUT2D eigenvalue weighted by atomic mass is 10.1. The molecule has 9 heteroatoms. The smallest absolute Gasteiger partial charge is 0.351 e. The van der Waals surface area contributed by atoms with Crippen molar-refractivity contribution >= 4 is 18.3 Å². The van der Waals surface area contributed by atoms with Crippen LogP contribution in [0.1, 0.15) is 21.7 Å². The van der Waals surface area contributed by atoms with Gasteiger partial charge in [-0.3, -0.25) is 9.69 Å². The molecule has 1 saturated heterocycles. The van der Waals surface area contributed by atoms with Crippen molar-refractivity contribution in [3.8, 4) is 0 Å². The zero-order valence-corrected chi connectivity index (χ0v) is 13.6. The Morgan fingerprint density at radius 3 is 2.57 bits per heavy atom. The van der Waals surface area contributed by atoms with Gasteiger partial charge >= 0.3 is 6.18 Å². The fraction of sp³-hybridized carbons (Fsp3) is 0.571. The standard InChI is InChI=1S/C14H19F3N4O.ClH/c1-10-11(2-3-12(20-10)14(15,16)17)13(22)19-6-9-21-7-4-18-5-8-21;/h2-3,18H,4-9H2,1H3,(H,19,22);1H. The molecule has 1 fully saturated rings. The molecule has 1 aromatic heterocycles. The van der Waals surface area contributed by atoms with E-state index in [1.54, 1.807) is 0 Å². The summed E-state index contributed by atoms with van der Waals surface area (Å²) < 4.78 is 37.6. The number of carbonyl (C=O) groups excluding carboxylic acids is 1. The Morgan fingerprint density at radius 1 is 1.35 bits per heavy atom. The largest absolute Gasteiger partial charge is 0.433 e. The normalized spacial score (nSPS) is 15.8. The predicted octanol–water partition coefficient (Wildman–Crippen LogP) is 1.47. The molecule has 2 rings (SSSR count). The van der Waals surface area contributed by atoms with Gasteiger partial charge in [0.2, 0.25) is 0 Å². The minimum atomic E-state index is -4.50. The summed E-state index contributed by atoms with van der Waals surface area (Å²) in [5.74, 6) is -0.395. The molecule has 0 saturated carbocycles. The molecule has 1 aliphatic rings. The molecular weight excluding hydrogens is 333 g/mol. The van der Waals surface area contributed by atoms with Gasteiger partial charge in [-0.1, -0.05) is 0 Å². The van der Waals surface area contributed by atoms with Crippen molar-refractivity contribution in [2.45, 2.75) is 13.1 Å². The maximum atomic E-state index is 12.5. The first-order chi connectivity index (χ1) is 10.4. The molecule has 0 radical (unpaired) electrons. The van der Waals surface area contributed by atoms with Crippen LogP contribution in [0.25, 0.3) is 0 Å². The summed E-state index contributed by atoms with van der Waals surface area (Å²) in [6.07, 6.45) is -4.50. The van der Waals surface area contributed by atoms with E-state index in [0.29, 0.717) is 6.54 Å². The summed E-state index contributed by atoms with van der Waals surface area (Å²) in [4.78, 5) is 17.7. The Hall–Kier alpha value is -1.38. The van der Waals surface area contributed by atoms with E-state index in [1.807, 2.05) is 0 Å². The lowest BCUT2D eigenvalue weighted by molar-refractivity contribution is -0.141. The maximum absolute atomic E-state index is 12.5. The molecular formula is C14H20ClF3N4O. The van der Waals surface area contributed by atoms with Crippen molar-refractivity contribution in [2.75, 3.05) is 39.3 Å². The van der Waals surface area contributed by atoms with Crippen molar-refractivity contribution in [2.24, 2.45) is 0 Å². The van der Waals surface area contributed by atoms with Gasteiger partial charge < -0.3 is 10.6 Å². The summed E-state index contributed by atoms with van der Waals surface area (Å²) in [5, 5.41) is 5.96. The minimum Gasteiger partial charge on any atom is -0.351 e. The van der Waals surface area contributed by atoms with Gasteiger partial charge in [0.1, 0.15) is 5.69 Å². The molecule has 0 aliphatic carbocycles. The van der Waals surface area contributed by atoms with Crippen LogP contribution in [0.15, 0.2) is 12.1 Å². The molecule has 0 bridgehead atoms. The Bertz CT molecular complexity index is 533. The Balaban J connectivity index is 0.00000264. The molecule has 0 aromatic carbocycles. The van der Waals surface area contributed by atoms with Crippen molar-refractivity contribution in [1.29, 1.82) is 0 Å². The number of nitrogens with zero attached hydrogens (tertiary/aromatic N) is 2. The van der Waals surface area contributed by atoms with E-state index in [0.717, 1.165) is 38.8 Å². The van der Waals surface area contributed by atoms with Crippen LogP contribution in [0.2, 0.25) is 0 Å². The highest BCUT2D eigenvalue weighted by Gasteiger charge is 2.33. The number of pyridine rings is 1. The fourth-order valence-corrected chi connectivity index (χ4v) is 2.32. The highest BCUT2D eigenvalue weighted by atomic mass is 35.5. The summed E-state index contributed by atoms with van der Waals surface area (Å²) in [6.45, 7) is 6.29. The first-order valence-corrected chi connectivity index (χ1v) is 7.14. The number of alkyl halides is 3. The predicted molar refractivity (Wildman–Crippen MR) is 82.9 cm³/mol. The van der Waals surface area contributed by atoms with Crippen LogP contribution in [0.4, 0.5) is 13.2 Å². The van der Waals surface area contributed by atoms with E-state index in [1.165, 1.54) is 13.0 Å². The third kappa shape index (κ3) is 5.63. The molecule has 5 nitrogen and oxygen atoms in total. The molecule has 2 heterocycles. The van der Waals surface area contributed by atoms with Gasteiger partial charge in [0.15, 0.2) is 0 Å². The summed E-state index contributed by atoms with van der Waals surface area (Å²) >= 11 is 0. The second-order valence-electron chi connectivity index (χ2n) is 5.17. The second kappa shape index (κ2) is 8.47. The zero-order chi connectivity index (χ0) is 16.2. The number of hydrogen-bond acceptors (Lipinski definition) is 4. The number of nitrogens with one attached hydrogen (secondary N) is 2. The first kappa shape index (κ1) is 19.7. The lowest BCUT2D eigenvalue weighted by Gasteiger charge is -2.27. The molecule has 0 atom stereocenters. The van der Waals surface area contributed by atoms with Crippen LogP contribution in [0.5, 0.6) is 0 Å². The first-order valence-electron chi connectivity index (χ1n) is 7.14. The van der Waals surface area contributed by atoms with Crippen molar-refractivity contribution in [3.05, 3.63) is 29.1 Å². The van der Waals surface area contributed by atoms with E-state index < -0.39 is 17.8 Å². The summed E-state index contributed by atoms with van der Waals surface area (Å²) in [6, 6.07) is 2.00. The van der Waals surface area contributed by atoms with Gasteiger partial charge in [0, 0.05) is 39.3 Å². The minimum absolute atomic E-state index is 0. The second-order valence-corrected chi connectivity index (χ2v) is 5.17. The van der Waals surface area contributed by atoms with Crippen molar-refractivity contribution in [1.82, 2.24) is 20.5 Å². The highest BCUT2D eigenvalue weighted by Crippen LogP contribution is 2.28. The number of amides is 1.